The number of thiophene rings is 1. The van der Waals surface area contributed by atoms with Gasteiger partial charge < -0.3 is 5.32 Å². The van der Waals surface area contributed by atoms with E-state index in [0.29, 0.717) is 12.6 Å². The average molecular weight is 298 g/mol. The molecule has 2 aromatic rings. The summed E-state index contributed by atoms with van der Waals surface area (Å²) in [6.07, 6.45) is 2.20. The molecule has 0 amide bonds. The van der Waals surface area contributed by atoms with Crippen LogP contribution >= 0.6 is 22.9 Å². The van der Waals surface area contributed by atoms with Gasteiger partial charge in [0.05, 0.1) is 5.02 Å². The third kappa shape index (κ3) is 4.03. The lowest BCUT2D eigenvalue weighted by molar-refractivity contribution is 0.499. The van der Waals surface area contributed by atoms with Crippen molar-refractivity contribution in [3.8, 4) is 0 Å². The van der Waals surface area contributed by atoms with Gasteiger partial charge in [0.2, 0.25) is 0 Å². The van der Waals surface area contributed by atoms with E-state index in [4.69, 9.17) is 11.6 Å². The van der Waals surface area contributed by atoms with Crippen molar-refractivity contribution < 1.29 is 4.39 Å². The molecule has 19 heavy (non-hydrogen) atoms. The number of halogens is 2. The van der Waals surface area contributed by atoms with Crippen LogP contribution in [0.2, 0.25) is 5.02 Å². The summed E-state index contributed by atoms with van der Waals surface area (Å²) < 4.78 is 13.4. The molecule has 0 aliphatic carbocycles. The Balaban J connectivity index is 2.00. The largest absolute Gasteiger partial charge is 0.305 e. The fourth-order valence-electron chi connectivity index (χ4n) is 2.01. The molecule has 102 valence electrons. The Morgan fingerprint density at radius 2 is 2.21 bits per heavy atom. The first-order valence-corrected chi connectivity index (χ1v) is 7.67. The van der Waals surface area contributed by atoms with Gasteiger partial charge in [-0.05, 0) is 35.6 Å². The minimum absolute atomic E-state index is 0.173. The zero-order chi connectivity index (χ0) is 13.7. The van der Waals surface area contributed by atoms with E-state index >= 15 is 0 Å². The summed E-state index contributed by atoms with van der Waals surface area (Å²) in [7, 11) is 0. The Labute approximate surface area is 122 Å². The van der Waals surface area contributed by atoms with Gasteiger partial charge in [-0.25, -0.2) is 4.39 Å². The van der Waals surface area contributed by atoms with Gasteiger partial charge in [-0.3, -0.25) is 0 Å². The van der Waals surface area contributed by atoms with Gasteiger partial charge in [-0.1, -0.05) is 37.1 Å². The number of nitrogens with one attached hydrogen (secondary N) is 1. The van der Waals surface area contributed by atoms with Crippen molar-refractivity contribution >= 4 is 22.9 Å². The molecule has 0 fully saturated rings. The molecule has 1 aromatic heterocycles. The number of rotatable bonds is 6. The van der Waals surface area contributed by atoms with Gasteiger partial charge in [0, 0.05) is 17.5 Å². The van der Waals surface area contributed by atoms with Crippen molar-refractivity contribution in [3.63, 3.8) is 0 Å². The van der Waals surface area contributed by atoms with Crippen molar-refractivity contribution in [2.45, 2.75) is 32.4 Å². The molecule has 0 saturated heterocycles. The maximum atomic E-state index is 13.4. The first kappa shape index (κ1) is 14.5. The summed E-state index contributed by atoms with van der Waals surface area (Å²) in [5, 5.41) is 5.74. The molecule has 2 rings (SSSR count). The van der Waals surface area contributed by atoms with Crippen molar-refractivity contribution in [2.24, 2.45) is 0 Å². The van der Waals surface area contributed by atoms with Crippen molar-refractivity contribution in [1.29, 1.82) is 0 Å². The molecule has 1 N–H and O–H groups in total. The monoisotopic (exact) mass is 297 g/mol. The summed E-state index contributed by atoms with van der Waals surface area (Å²) in [6, 6.07) is 9.49. The lowest BCUT2D eigenvalue weighted by Crippen LogP contribution is -2.20. The van der Waals surface area contributed by atoms with Crippen LogP contribution in [0.5, 0.6) is 0 Å². The third-order valence-corrected chi connectivity index (χ3v) is 4.29. The molecule has 1 atom stereocenters. The third-order valence-electron chi connectivity index (χ3n) is 3.00. The Hall–Kier alpha value is -0.900. The van der Waals surface area contributed by atoms with E-state index < -0.39 is 0 Å². The molecule has 4 heteroatoms. The van der Waals surface area contributed by atoms with E-state index in [1.165, 1.54) is 10.9 Å². The van der Waals surface area contributed by atoms with Crippen LogP contribution in [0, 0.1) is 5.82 Å². The average Bonchev–Trinajstić information content (AvgIpc) is 2.92. The maximum absolute atomic E-state index is 13.4. The van der Waals surface area contributed by atoms with Crippen LogP contribution < -0.4 is 5.32 Å². The standard InChI is InChI=1S/C15H17ClFNS/c1-2-4-14(15-5-3-8-19-15)18-10-11-6-7-12(16)13(17)9-11/h3,5-9,14,18H,2,4,10H2,1H3. The second-order valence-corrected chi connectivity index (χ2v) is 5.87. The maximum Gasteiger partial charge on any atom is 0.142 e. The van der Waals surface area contributed by atoms with E-state index in [0.717, 1.165) is 18.4 Å². The summed E-state index contributed by atoms with van der Waals surface area (Å²) >= 11 is 7.43. The first-order valence-electron chi connectivity index (χ1n) is 6.41. The van der Waals surface area contributed by atoms with Crippen molar-refractivity contribution in [2.75, 3.05) is 0 Å². The van der Waals surface area contributed by atoms with Crippen LogP contribution in [-0.4, -0.2) is 0 Å². The molecule has 1 nitrogen and oxygen atoms in total. The molecule has 0 bridgehead atoms. The Morgan fingerprint density at radius 1 is 1.37 bits per heavy atom. The fourth-order valence-corrected chi connectivity index (χ4v) is 2.97. The molecular weight excluding hydrogens is 281 g/mol. The second-order valence-electron chi connectivity index (χ2n) is 4.49. The highest BCUT2D eigenvalue weighted by molar-refractivity contribution is 7.10. The first-order chi connectivity index (χ1) is 9.20. The van der Waals surface area contributed by atoms with Crippen LogP contribution in [0.1, 0.15) is 36.2 Å². The molecule has 0 radical (unpaired) electrons. The molecule has 0 aliphatic heterocycles. The van der Waals surface area contributed by atoms with Crippen LogP contribution in [0.3, 0.4) is 0 Å². The molecule has 0 saturated carbocycles. The molecule has 0 spiro atoms. The highest BCUT2D eigenvalue weighted by Crippen LogP contribution is 2.24. The van der Waals surface area contributed by atoms with E-state index in [2.05, 4.69) is 29.8 Å². The van der Waals surface area contributed by atoms with Crippen LogP contribution in [0.25, 0.3) is 0 Å². The van der Waals surface area contributed by atoms with Gasteiger partial charge in [0.25, 0.3) is 0 Å². The van der Waals surface area contributed by atoms with Gasteiger partial charge in [0.1, 0.15) is 5.82 Å². The van der Waals surface area contributed by atoms with Gasteiger partial charge in [0.15, 0.2) is 0 Å². The van der Waals surface area contributed by atoms with Crippen molar-refractivity contribution in [3.05, 3.63) is 57.0 Å². The predicted octanol–water partition coefficient (Wildman–Crippen LogP) is 5.17. The van der Waals surface area contributed by atoms with Gasteiger partial charge in [-0.15, -0.1) is 11.3 Å². The SMILES string of the molecule is CCCC(NCc1ccc(Cl)c(F)c1)c1cccs1. The highest BCUT2D eigenvalue weighted by atomic mass is 35.5. The Bertz CT molecular complexity index is 513. The lowest BCUT2D eigenvalue weighted by atomic mass is 10.1. The minimum atomic E-state index is -0.357. The number of benzene rings is 1. The normalized spacial score (nSPS) is 12.6. The topological polar surface area (TPSA) is 12.0 Å². The fraction of sp³-hybridized carbons (Fsp3) is 0.333. The summed E-state index contributed by atoms with van der Waals surface area (Å²) in [6.45, 7) is 2.82. The molecule has 0 aliphatic rings. The van der Waals surface area contributed by atoms with Crippen molar-refractivity contribution in [1.82, 2.24) is 5.32 Å². The van der Waals surface area contributed by atoms with E-state index in [1.54, 1.807) is 17.4 Å². The van der Waals surface area contributed by atoms with Crippen LogP contribution in [-0.2, 0) is 6.54 Å². The zero-order valence-electron chi connectivity index (χ0n) is 10.8. The second kappa shape index (κ2) is 7.04. The minimum Gasteiger partial charge on any atom is -0.305 e. The molecular formula is C15H17ClFNS. The Kier molecular flexibility index (Phi) is 5.37. The van der Waals surface area contributed by atoms with Crippen LogP contribution in [0.4, 0.5) is 4.39 Å². The zero-order valence-corrected chi connectivity index (χ0v) is 12.4. The van der Waals surface area contributed by atoms with Crippen LogP contribution in [0.15, 0.2) is 35.7 Å². The van der Waals surface area contributed by atoms with E-state index in [1.807, 2.05) is 6.07 Å². The quantitative estimate of drug-likeness (QED) is 0.775. The lowest BCUT2D eigenvalue weighted by Gasteiger charge is -2.17. The number of hydrogen-bond donors (Lipinski definition) is 1. The summed E-state index contributed by atoms with van der Waals surface area (Å²) in [5.41, 5.74) is 0.916. The molecule has 1 unspecified atom stereocenters. The Morgan fingerprint density at radius 3 is 2.84 bits per heavy atom. The highest BCUT2D eigenvalue weighted by Gasteiger charge is 2.11. The summed E-state index contributed by atoms with van der Waals surface area (Å²) in [5.74, 6) is -0.357. The molecule has 1 aromatic carbocycles. The smallest absolute Gasteiger partial charge is 0.142 e. The summed E-state index contributed by atoms with van der Waals surface area (Å²) in [4.78, 5) is 1.33. The van der Waals surface area contributed by atoms with Gasteiger partial charge in [-0.2, -0.15) is 0 Å². The van der Waals surface area contributed by atoms with E-state index in [-0.39, 0.29) is 10.8 Å². The van der Waals surface area contributed by atoms with E-state index in [9.17, 15) is 4.39 Å². The van der Waals surface area contributed by atoms with Gasteiger partial charge >= 0.3 is 0 Å². The predicted molar refractivity (Wildman–Crippen MR) is 80.2 cm³/mol. The number of hydrogen-bond acceptors (Lipinski definition) is 2. The molecule has 1 heterocycles.